The lowest BCUT2D eigenvalue weighted by Crippen LogP contribution is -2.05. The van der Waals surface area contributed by atoms with Crippen LogP contribution in [0.4, 0.5) is 0 Å². The van der Waals surface area contributed by atoms with Gasteiger partial charge in [0.05, 0.1) is 17.6 Å². The number of H-pyrrole nitrogens is 1. The fourth-order valence-corrected chi connectivity index (χ4v) is 1.12. The number of carbonyl (C=O) groups excluding carboxylic acids is 1. The number of aromatic nitrogens is 3. The number of nitrogens with one attached hydrogen (secondary N) is 1. The summed E-state index contributed by atoms with van der Waals surface area (Å²) in [6.07, 6.45) is 4.77. The van der Waals surface area contributed by atoms with Crippen LogP contribution in [0.15, 0.2) is 30.7 Å². The summed E-state index contributed by atoms with van der Waals surface area (Å²) in [5, 5.41) is 0. The Labute approximate surface area is 81.0 Å². The quantitative estimate of drug-likeness (QED) is 0.722. The lowest BCUT2D eigenvalue weighted by molar-refractivity contribution is 0.103. The van der Waals surface area contributed by atoms with Crippen LogP contribution in [0.25, 0.3) is 0 Å². The van der Waals surface area contributed by atoms with E-state index in [9.17, 15) is 4.79 Å². The van der Waals surface area contributed by atoms with Crippen molar-refractivity contribution < 1.29 is 4.79 Å². The van der Waals surface area contributed by atoms with Gasteiger partial charge in [0, 0.05) is 12.4 Å². The number of carbonyl (C=O) groups is 1. The maximum absolute atomic E-state index is 11.7. The summed E-state index contributed by atoms with van der Waals surface area (Å²) in [4.78, 5) is 22.5. The van der Waals surface area contributed by atoms with Crippen molar-refractivity contribution in [1.82, 2.24) is 15.0 Å². The molecule has 14 heavy (non-hydrogen) atoms. The zero-order valence-electron chi connectivity index (χ0n) is 7.69. The smallest absolute Gasteiger partial charge is 0.229 e. The minimum absolute atomic E-state index is 0.137. The number of aryl methyl sites for hydroxylation is 1. The van der Waals surface area contributed by atoms with Crippen LogP contribution < -0.4 is 0 Å². The Morgan fingerprint density at radius 3 is 2.79 bits per heavy atom. The second kappa shape index (κ2) is 3.41. The van der Waals surface area contributed by atoms with Crippen LogP contribution in [0.5, 0.6) is 0 Å². The number of nitrogens with zero attached hydrogens (tertiary/aromatic N) is 2. The fourth-order valence-electron chi connectivity index (χ4n) is 1.12. The molecular weight excluding hydrogens is 178 g/mol. The molecule has 0 fully saturated rings. The van der Waals surface area contributed by atoms with E-state index in [4.69, 9.17) is 0 Å². The summed E-state index contributed by atoms with van der Waals surface area (Å²) in [5.41, 5.74) is 1.69. The Hall–Kier alpha value is -1.97. The molecule has 0 atom stereocenters. The molecule has 70 valence electrons. The molecule has 2 aromatic rings. The van der Waals surface area contributed by atoms with Crippen LogP contribution in [-0.4, -0.2) is 20.7 Å². The summed E-state index contributed by atoms with van der Waals surface area (Å²) in [5.74, 6) is -0.137. The van der Waals surface area contributed by atoms with Crippen LogP contribution in [0.3, 0.4) is 0 Å². The van der Waals surface area contributed by atoms with Gasteiger partial charge >= 0.3 is 0 Å². The molecule has 2 rings (SSSR count). The first-order valence-corrected chi connectivity index (χ1v) is 4.24. The first kappa shape index (κ1) is 8.62. The Kier molecular flexibility index (Phi) is 2.10. The van der Waals surface area contributed by atoms with Gasteiger partial charge in [-0.3, -0.25) is 9.78 Å². The van der Waals surface area contributed by atoms with E-state index >= 15 is 0 Å². The molecule has 0 aliphatic carbocycles. The fraction of sp³-hybridized carbons (Fsp3) is 0.100. The van der Waals surface area contributed by atoms with E-state index in [0.29, 0.717) is 11.4 Å². The lowest BCUT2D eigenvalue weighted by atomic mass is 10.2. The SMILES string of the molecule is Cc1cnc(C(=O)c2ccc[nH]2)cn1. The molecule has 0 spiro atoms. The van der Waals surface area contributed by atoms with Gasteiger partial charge in [-0.05, 0) is 19.1 Å². The molecule has 0 saturated heterocycles. The zero-order valence-corrected chi connectivity index (χ0v) is 7.69. The van der Waals surface area contributed by atoms with E-state index < -0.39 is 0 Å². The molecule has 0 amide bonds. The number of rotatable bonds is 2. The first-order valence-electron chi connectivity index (χ1n) is 4.24. The van der Waals surface area contributed by atoms with Crippen molar-refractivity contribution in [3.63, 3.8) is 0 Å². The van der Waals surface area contributed by atoms with Crippen LogP contribution in [-0.2, 0) is 0 Å². The molecule has 0 unspecified atom stereocenters. The van der Waals surface area contributed by atoms with E-state index in [1.165, 1.54) is 6.20 Å². The third kappa shape index (κ3) is 1.54. The van der Waals surface area contributed by atoms with Gasteiger partial charge in [-0.25, -0.2) is 4.98 Å². The van der Waals surface area contributed by atoms with E-state index in [2.05, 4.69) is 15.0 Å². The van der Waals surface area contributed by atoms with Crippen molar-refractivity contribution in [3.05, 3.63) is 47.8 Å². The van der Waals surface area contributed by atoms with Crippen molar-refractivity contribution in [2.45, 2.75) is 6.92 Å². The lowest BCUT2D eigenvalue weighted by Gasteiger charge is -1.96. The minimum atomic E-state index is -0.137. The highest BCUT2D eigenvalue weighted by Gasteiger charge is 2.10. The van der Waals surface area contributed by atoms with E-state index in [1.54, 1.807) is 24.5 Å². The summed E-state index contributed by atoms with van der Waals surface area (Å²) in [6, 6.07) is 3.48. The molecule has 1 N–H and O–H groups in total. The Balaban J connectivity index is 2.33. The van der Waals surface area contributed by atoms with Crippen LogP contribution in [0.2, 0.25) is 0 Å². The topological polar surface area (TPSA) is 58.6 Å². The highest BCUT2D eigenvalue weighted by atomic mass is 16.1. The van der Waals surface area contributed by atoms with Gasteiger partial charge < -0.3 is 4.98 Å². The van der Waals surface area contributed by atoms with Crippen molar-refractivity contribution in [2.75, 3.05) is 0 Å². The Morgan fingerprint density at radius 1 is 1.36 bits per heavy atom. The van der Waals surface area contributed by atoms with Gasteiger partial charge in [-0.2, -0.15) is 0 Å². The maximum Gasteiger partial charge on any atom is 0.229 e. The number of aromatic amines is 1. The highest BCUT2D eigenvalue weighted by molar-refractivity contribution is 6.06. The van der Waals surface area contributed by atoms with E-state index in [-0.39, 0.29) is 5.78 Å². The largest absolute Gasteiger partial charge is 0.358 e. The van der Waals surface area contributed by atoms with Gasteiger partial charge in [0.2, 0.25) is 5.78 Å². The predicted octanol–water partition coefficient (Wildman–Crippen LogP) is 1.34. The second-order valence-electron chi connectivity index (χ2n) is 2.96. The predicted molar refractivity (Wildman–Crippen MR) is 51.0 cm³/mol. The molecule has 0 saturated carbocycles. The summed E-state index contributed by atoms with van der Waals surface area (Å²) >= 11 is 0. The van der Waals surface area contributed by atoms with Gasteiger partial charge in [0.15, 0.2) is 0 Å². The second-order valence-corrected chi connectivity index (χ2v) is 2.96. The maximum atomic E-state index is 11.7. The van der Waals surface area contributed by atoms with Crippen molar-refractivity contribution >= 4 is 5.78 Å². The molecule has 0 aromatic carbocycles. The highest BCUT2D eigenvalue weighted by Crippen LogP contribution is 2.03. The summed E-state index contributed by atoms with van der Waals surface area (Å²) < 4.78 is 0. The van der Waals surface area contributed by atoms with E-state index in [1.807, 2.05) is 6.92 Å². The molecule has 4 nitrogen and oxygen atoms in total. The van der Waals surface area contributed by atoms with Crippen molar-refractivity contribution in [2.24, 2.45) is 0 Å². The minimum Gasteiger partial charge on any atom is -0.358 e. The number of ketones is 1. The molecule has 4 heteroatoms. The van der Waals surface area contributed by atoms with Gasteiger partial charge in [-0.1, -0.05) is 0 Å². The molecule has 0 aliphatic heterocycles. The van der Waals surface area contributed by atoms with Crippen molar-refractivity contribution in [1.29, 1.82) is 0 Å². The third-order valence-corrected chi connectivity index (χ3v) is 1.86. The normalized spacial score (nSPS) is 10.1. The summed E-state index contributed by atoms with van der Waals surface area (Å²) in [6.45, 7) is 1.83. The molecule has 0 bridgehead atoms. The molecule has 2 heterocycles. The molecule has 0 aliphatic rings. The molecule has 0 radical (unpaired) electrons. The zero-order chi connectivity index (χ0) is 9.97. The summed E-state index contributed by atoms with van der Waals surface area (Å²) in [7, 11) is 0. The Bertz CT molecular complexity index is 431. The van der Waals surface area contributed by atoms with Gasteiger partial charge in [0.25, 0.3) is 0 Å². The third-order valence-electron chi connectivity index (χ3n) is 1.86. The van der Waals surface area contributed by atoms with E-state index in [0.717, 1.165) is 5.69 Å². The molecule has 2 aromatic heterocycles. The first-order chi connectivity index (χ1) is 6.77. The average Bonchev–Trinajstić information content (AvgIpc) is 2.71. The van der Waals surface area contributed by atoms with Crippen LogP contribution in [0, 0.1) is 6.92 Å². The monoisotopic (exact) mass is 187 g/mol. The standard InChI is InChI=1S/C10H9N3O/c1-7-5-13-9(6-12-7)10(14)8-3-2-4-11-8/h2-6,11H,1H3. The molecular formula is C10H9N3O. The average molecular weight is 187 g/mol. The number of hydrogen-bond donors (Lipinski definition) is 1. The number of hydrogen-bond acceptors (Lipinski definition) is 3. The van der Waals surface area contributed by atoms with Crippen molar-refractivity contribution in [3.8, 4) is 0 Å². The Morgan fingerprint density at radius 2 is 2.21 bits per heavy atom. The van der Waals surface area contributed by atoms with Gasteiger partial charge in [-0.15, -0.1) is 0 Å². The van der Waals surface area contributed by atoms with Crippen LogP contribution >= 0.6 is 0 Å². The van der Waals surface area contributed by atoms with Gasteiger partial charge in [0.1, 0.15) is 5.69 Å². The van der Waals surface area contributed by atoms with Crippen LogP contribution in [0.1, 0.15) is 21.9 Å².